The molecule has 0 spiro atoms. The van der Waals surface area contributed by atoms with Crippen LogP contribution in [-0.4, -0.2) is 29.1 Å². The molecule has 31 heavy (non-hydrogen) atoms. The minimum absolute atomic E-state index is 0.255. The fourth-order valence-corrected chi connectivity index (χ4v) is 3.91. The molecule has 158 valence electrons. The van der Waals surface area contributed by atoms with E-state index in [0.717, 1.165) is 40.9 Å². The van der Waals surface area contributed by atoms with Crippen molar-refractivity contribution in [1.82, 2.24) is 4.98 Å². The Bertz CT molecular complexity index is 1110. The molecule has 0 unspecified atom stereocenters. The third-order valence-corrected chi connectivity index (χ3v) is 5.82. The Labute approximate surface area is 185 Å². The summed E-state index contributed by atoms with van der Waals surface area (Å²) >= 11 is 0. The molecule has 3 aromatic rings. The lowest BCUT2D eigenvalue weighted by atomic mass is 10.1. The van der Waals surface area contributed by atoms with Crippen LogP contribution in [0.2, 0.25) is 0 Å². The summed E-state index contributed by atoms with van der Waals surface area (Å²) in [6.45, 7) is 11.6. The summed E-state index contributed by atoms with van der Waals surface area (Å²) in [7, 11) is 0. The summed E-state index contributed by atoms with van der Waals surface area (Å²) in [5.41, 5.74) is 7.19. The average molecular weight is 411 g/mol. The number of rotatable bonds is 5. The van der Waals surface area contributed by atoms with Crippen molar-refractivity contribution in [3.8, 4) is 0 Å². The largest absolute Gasteiger partial charge is 0.323 e. The van der Waals surface area contributed by atoms with Crippen molar-refractivity contribution in [2.45, 2.75) is 40.7 Å². The van der Waals surface area contributed by atoms with Crippen LogP contribution in [0.15, 0.2) is 76.7 Å². The molecule has 4 nitrogen and oxygen atoms in total. The van der Waals surface area contributed by atoms with Crippen molar-refractivity contribution in [3.63, 3.8) is 0 Å². The van der Waals surface area contributed by atoms with Crippen LogP contribution in [0.3, 0.4) is 0 Å². The molecule has 0 bridgehead atoms. The molecule has 1 aromatic heterocycles. The van der Waals surface area contributed by atoms with E-state index in [-0.39, 0.29) is 6.04 Å². The van der Waals surface area contributed by atoms with Crippen LogP contribution in [-0.2, 0) is 0 Å². The SMILES string of the molecule is CC(=Nc1c(C)cccc1C)c1cccc(C2=N[C@@H](C(C)C)CN2c2ccccc2)n1. The Hall–Kier alpha value is -3.27. The topological polar surface area (TPSA) is 40.9 Å². The van der Waals surface area contributed by atoms with Crippen LogP contribution < -0.4 is 4.90 Å². The van der Waals surface area contributed by atoms with Crippen LogP contribution >= 0.6 is 0 Å². The summed E-state index contributed by atoms with van der Waals surface area (Å²) < 4.78 is 0. The maximum absolute atomic E-state index is 5.07. The summed E-state index contributed by atoms with van der Waals surface area (Å²) in [4.78, 5) is 17.2. The van der Waals surface area contributed by atoms with Gasteiger partial charge >= 0.3 is 0 Å². The third-order valence-electron chi connectivity index (χ3n) is 5.82. The fraction of sp³-hybridized carbons (Fsp3) is 0.296. The monoisotopic (exact) mass is 410 g/mol. The maximum atomic E-state index is 5.07. The molecule has 0 saturated carbocycles. The molecule has 0 fully saturated rings. The number of aliphatic imine (C=N–C) groups is 2. The number of aromatic nitrogens is 1. The van der Waals surface area contributed by atoms with Gasteiger partial charge in [0.1, 0.15) is 5.69 Å². The van der Waals surface area contributed by atoms with Crippen LogP contribution in [0, 0.1) is 19.8 Å². The van der Waals surface area contributed by atoms with Crippen molar-refractivity contribution >= 4 is 22.9 Å². The van der Waals surface area contributed by atoms with Gasteiger partial charge in [-0.25, -0.2) is 4.98 Å². The van der Waals surface area contributed by atoms with E-state index in [9.17, 15) is 0 Å². The Morgan fingerprint density at radius 3 is 2.29 bits per heavy atom. The fourth-order valence-electron chi connectivity index (χ4n) is 3.91. The van der Waals surface area contributed by atoms with Crippen LogP contribution in [0.1, 0.15) is 43.3 Å². The van der Waals surface area contributed by atoms with E-state index in [2.05, 4.69) is 81.1 Å². The van der Waals surface area contributed by atoms with Crippen LogP contribution in [0.25, 0.3) is 0 Å². The van der Waals surface area contributed by atoms with Crippen molar-refractivity contribution in [2.75, 3.05) is 11.4 Å². The van der Waals surface area contributed by atoms with E-state index in [0.29, 0.717) is 5.92 Å². The summed E-state index contributed by atoms with van der Waals surface area (Å²) in [5.74, 6) is 1.41. The van der Waals surface area contributed by atoms with Crippen LogP contribution in [0.5, 0.6) is 0 Å². The molecule has 0 saturated heterocycles. The predicted molar refractivity (Wildman–Crippen MR) is 131 cm³/mol. The first kappa shape index (κ1) is 21.0. The van der Waals surface area contributed by atoms with Gasteiger partial charge in [0.2, 0.25) is 0 Å². The van der Waals surface area contributed by atoms with Gasteiger partial charge in [-0.15, -0.1) is 0 Å². The number of hydrogen-bond donors (Lipinski definition) is 0. The summed E-state index contributed by atoms with van der Waals surface area (Å²) in [6.07, 6.45) is 0. The molecule has 1 aliphatic heterocycles. The highest BCUT2D eigenvalue weighted by molar-refractivity contribution is 6.11. The van der Waals surface area contributed by atoms with Gasteiger partial charge in [0, 0.05) is 12.2 Å². The van der Waals surface area contributed by atoms with Gasteiger partial charge in [0.15, 0.2) is 5.84 Å². The maximum Gasteiger partial charge on any atom is 0.154 e. The number of hydrogen-bond acceptors (Lipinski definition) is 4. The molecule has 0 radical (unpaired) electrons. The predicted octanol–water partition coefficient (Wildman–Crippen LogP) is 6.13. The van der Waals surface area contributed by atoms with Gasteiger partial charge < -0.3 is 4.90 Å². The molecule has 4 heteroatoms. The molecule has 0 amide bonds. The highest BCUT2D eigenvalue weighted by Crippen LogP contribution is 2.27. The van der Waals surface area contributed by atoms with E-state index < -0.39 is 0 Å². The highest BCUT2D eigenvalue weighted by atomic mass is 15.3. The van der Waals surface area contributed by atoms with Gasteiger partial charge in [-0.05, 0) is 62.1 Å². The second kappa shape index (κ2) is 8.84. The lowest BCUT2D eigenvalue weighted by Gasteiger charge is -2.21. The number of para-hydroxylation sites is 2. The second-order valence-corrected chi connectivity index (χ2v) is 8.56. The molecular formula is C27H30N4. The minimum Gasteiger partial charge on any atom is -0.323 e. The van der Waals surface area contributed by atoms with Crippen molar-refractivity contribution < 1.29 is 0 Å². The Balaban J connectivity index is 1.72. The summed E-state index contributed by atoms with van der Waals surface area (Å²) in [6, 6.07) is 23.1. The lowest BCUT2D eigenvalue weighted by Crippen LogP contribution is -2.31. The third kappa shape index (κ3) is 4.43. The number of anilines is 1. The van der Waals surface area contributed by atoms with Crippen LogP contribution in [0.4, 0.5) is 11.4 Å². The minimum atomic E-state index is 0.255. The van der Waals surface area contributed by atoms with Gasteiger partial charge in [-0.1, -0.05) is 56.3 Å². The highest BCUT2D eigenvalue weighted by Gasteiger charge is 2.30. The van der Waals surface area contributed by atoms with Crippen molar-refractivity contribution in [1.29, 1.82) is 0 Å². The van der Waals surface area contributed by atoms with Gasteiger partial charge in [0.05, 0.1) is 23.1 Å². The van der Waals surface area contributed by atoms with Gasteiger partial charge in [-0.3, -0.25) is 9.98 Å². The Morgan fingerprint density at radius 1 is 0.935 bits per heavy atom. The van der Waals surface area contributed by atoms with E-state index in [1.54, 1.807) is 0 Å². The number of benzene rings is 2. The van der Waals surface area contributed by atoms with Gasteiger partial charge in [-0.2, -0.15) is 0 Å². The molecule has 4 rings (SSSR count). The number of nitrogens with zero attached hydrogens (tertiary/aromatic N) is 4. The zero-order valence-corrected chi connectivity index (χ0v) is 19.0. The molecule has 1 atom stereocenters. The summed E-state index contributed by atoms with van der Waals surface area (Å²) in [5, 5.41) is 0. The Kier molecular flexibility index (Phi) is 5.99. The molecule has 2 heterocycles. The molecule has 0 aliphatic carbocycles. The average Bonchev–Trinajstić information content (AvgIpc) is 3.23. The van der Waals surface area contributed by atoms with E-state index >= 15 is 0 Å². The zero-order valence-electron chi connectivity index (χ0n) is 19.0. The first-order valence-corrected chi connectivity index (χ1v) is 10.9. The number of amidine groups is 1. The molecular weight excluding hydrogens is 380 g/mol. The van der Waals surface area contributed by atoms with E-state index in [4.69, 9.17) is 15.0 Å². The number of pyridine rings is 1. The normalized spacial score (nSPS) is 16.7. The zero-order chi connectivity index (χ0) is 22.0. The standard InChI is InChI=1S/C27H30N4/c1-18(2)25-17-31(22-13-7-6-8-14-22)27(30-25)24-16-10-15-23(29-24)21(5)28-26-19(3)11-9-12-20(26)4/h6-16,18,25H,17H2,1-5H3/t25-/m1/s1. The number of aryl methyl sites for hydroxylation is 2. The smallest absolute Gasteiger partial charge is 0.154 e. The first-order chi connectivity index (χ1) is 14.9. The molecule has 0 N–H and O–H groups in total. The quantitative estimate of drug-likeness (QED) is 0.475. The van der Waals surface area contributed by atoms with Gasteiger partial charge in [0.25, 0.3) is 0 Å². The lowest BCUT2D eigenvalue weighted by molar-refractivity contribution is 0.521. The first-order valence-electron chi connectivity index (χ1n) is 10.9. The van der Waals surface area contributed by atoms with E-state index in [1.807, 2.05) is 25.1 Å². The second-order valence-electron chi connectivity index (χ2n) is 8.56. The molecule has 2 aromatic carbocycles. The van der Waals surface area contributed by atoms with Crippen molar-refractivity contribution in [3.05, 3.63) is 89.2 Å². The van der Waals surface area contributed by atoms with Crippen molar-refractivity contribution in [2.24, 2.45) is 15.9 Å². The Morgan fingerprint density at radius 2 is 1.61 bits per heavy atom. The molecule has 1 aliphatic rings. The van der Waals surface area contributed by atoms with E-state index in [1.165, 1.54) is 11.1 Å².